The zero-order chi connectivity index (χ0) is 58.5. The van der Waals surface area contributed by atoms with E-state index in [0.29, 0.717) is 16.7 Å². The number of nitrogens with zero attached hydrogens (tertiary/aromatic N) is 3. The van der Waals surface area contributed by atoms with Crippen LogP contribution in [0.4, 0.5) is 14.5 Å². The molecule has 3 heterocycles. The number of aliphatic hydroxyl groups excluding tert-OH is 2. The minimum atomic E-state index is -1.41. The molecule has 12 nitrogen and oxygen atoms in total. The Balaban J connectivity index is 0.000000160. The molecule has 0 aliphatic heterocycles. The monoisotopic (exact) mass is 1100 g/mol. The Morgan fingerprint density at radius 1 is 0.463 bits per heavy atom. The van der Waals surface area contributed by atoms with Gasteiger partial charge >= 0.3 is 5.97 Å². The molecule has 14 heteroatoms. The molecule has 0 aliphatic carbocycles. The summed E-state index contributed by atoms with van der Waals surface area (Å²) in [5.41, 5.74) is 15.9. The van der Waals surface area contributed by atoms with Gasteiger partial charge in [-0.15, -0.1) is 0 Å². The van der Waals surface area contributed by atoms with Gasteiger partial charge in [-0.2, -0.15) is 0 Å². The molecule has 6 N–H and O–H groups in total. The second-order valence-corrected chi connectivity index (χ2v) is 18.9. The molecule has 0 fully saturated rings. The number of aliphatic carboxylic acids is 1. The topological polar surface area (TPSA) is 206 Å². The number of carboxylic acid groups (broad SMARTS) is 1. The largest absolute Gasteiger partial charge is 0.505 e. The third kappa shape index (κ3) is 16.8. The number of para-hydroxylation sites is 2. The quantitative estimate of drug-likeness (QED) is 0.0725. The molecule has 3 aromatic heterocycles. The lowest BCUT2D eigenvalue weighted by Crippen LogP contribution is -2.21. The number of hydrogen-bond donors (Lipinski definition) is 5. The first-order valence-corrected chi connectivity index (χ1v) is 26.0. The molecule has 414 valence electrons. The number of aromatic hydroxyl groups is 1. The Hall–Kier alpha value is -10.0. The number of phenolic OH excluding ortho intramolecular Hbond substituents is 1. The summed E-state index contributed by atoms with van der Waals surface area (Å²) in [4.78, 5) is 48.8. The molecular weight excluding hydrogens is 1040 g/mol. The average Bonchev–Trinajstić information content (AvgIpc) is 3.56. The number of nitrogens with two attached hydrogens (primary N) is 1. The zero-order valence-corrected chi connectivity index (χ0v) is 45.2. The predicted octanol–water partition coefficient (Wildman–Crippen LogP) is 13.5. The highest BCUT2D eigenvalue weighted by atomic mass is 19.1. The number of benzene rings is 8. The fraction of sp³-hybridized carbons (Fsp3) is 0.118. The van der Waals surface area contributed by atoms with Crippen LogP contribution in [0.15, 0.2) is 231 Å². The molecule has 0 spiro atoms. The number of rotatable bonds is 12. The van der Waals surface area contributed by atoms with Gasteiger partial charge in [-0.3, -0.25) is 24.5 Å². The maximum atomic E-state index is 14.2. The Kier molecular flexibility index (Phi) is 21.3. The normalized spacial score (nSPS) is 11.6. The number of aliphatic hydroxyl groups is 2. The maximum Gasteiger partial charge on any atom is 0.337 e. The highest BCUT2D eigenvalue weighted by Crippen LogP contribution is 2.29. The Bertz CT molecular complexity index is 3860. The van der Waals surface area contributed by atoms with Gasteiger partial charge in [0.05, 0.1) is 16.6 Å². The maximum absolute atomic E-state index is 14.2. The van der Waals surface area contributed by atoms with Crippen molar-refractivity contribution in [2.75, 3.05) is 5.73 Å². The number of fused-ring (bicyclic) bond motifs is 3. The predicted molar refractivity (Wildman–Crippen MR) is 316 cm³/mol. The summed E-state index contributed by atoms with van der Waals surface area (Å²) in [7, 11) is 0. The lowest BCUT2D eigenvalue weighted by atomic mass is 9.97. The number of phenols is 1. The number of carboxylic acids is 1. The van der Waals surface area contributed by atoms with E-state index in [-0.39, 0.29) is 35.9 Å². The molecule has 8 aromatic carbocycles. The van der Waals surface area contributed by atoms with Gasteiger partial charge in [0.15, 0.2) is 46.9 Å². The van der Waals surface area contributed by atoms with Crippen LogP contribution in [-0.2, 0) is 27.2 Å². The van der Waals surface area contributed by atoms with Crippen LogP contribution in [0, 0.1) is 32.4 Å². The standard InChI is InChI=1S/C25H20FNO2.C19H17NO2.C9H8N2.C9H10O3.C6H5FO/c1-17-11-13-18(14-12-17)25(29-24-10-3-2-8-21(24)26)23(28)16-19-6-4-9-22-20(19)7-5-15-27-22;1-13-7-9-14(10-8-13)19(22)18(21)12-15-4-2-6-17-16(15)5-3-11-20-17;10-8-4-1-5-9-7(8)3-2-6-11-9;1-6-2-4-7(5-3-6)8(10)9(11)12;7-5-3-1-2-4-6(5)8/h2-15,25H,16H2,1H3;2-11,19,22H,12H2,1H3;1-6H,10H2;2-5,8,10H,1H3,(H,11,12);1-4,8H. The highest BCUT2D eigenvalue weighted by molar-refractivity contribution is 5.93. The van der Waals surface area contributed by atoms with Crippen molar-refractivity contribution in [1.82, 2.24) is 15.0 Å². The molecule has 0 radical (unpaired) electrons. The molecule has 0 bridgehead atoms. The van der Waals surface area contributed by atoms with Gasteiger partial charge in [0, 0.05) is 53.3 Å². The van der Waals surface area contributed by atoms with Crippen molar-refractivity contribution in [3.05, 3.63) is 287 Å². The summed E-state index contributed by atoms with van der Waals surface area (Å²) in [5.74, 6) is -2.88. The molecule has 3 atom stereocenters. The molecule has 11 rings (SSSR count). The van der Waals surface area contributed by atoms with Gasteiger partial charge in [-0.05, 0) is 121 Å². The minimum Gasteiger partial charge on any atom is -0.505 e. The van der Waals surface area contributed by atoms with Gasteiger partial charge in [-0.1, -0.05) is 156 Å². The van der Waals surface area contributed by atoms with Crippen LogP contribution >= 0.6 is 0 Å². The van der Waals surface area contributed by atoms with Gasteiger partial charge in [-0.25, -0.2) is 13.6 Å². The van der Waals surface area contributed by atoms with Gasteiger partial charge in [0.2, 0.25) is 0 Å². The summed E-state index contributed by atoms with van der Waals surface area (Å²) in [5, 5.41) is 39.2. The molecule has 11 aromatic rings. The number of carbonyl (C=O) groups excluding carboxylic acids is 2. The van der Waals surface area contributed by atoms with Crippen LogP contribution < -0.4 is 10.5 Å². The van der Waals surface area contributed by atoms with E-state index >= 15 is 0 Å². The van der Waals surface area contributed by atoms with Crippen molar-refractivity contribution in [3.8, 4) is 11.5 Å². The molecule has 3 unspecified atom stereocenters. The zero-order valence-electron chi connectivity index (χ0n) is 45.2. The highest BCUT2D eigenvalue weighted by Gasteiger charge is 2.25. The van der Waals surface area contributed by atoms with Gasteiger partial charge in [0.1, 0.15) is 6.10 Å². The molecule has 0 aliphatic rings. The average molecular weight is 1100 g/mol. The molecule has 82 heavy (non-hydrogen) atoms. The summed E-state index contributed by atoms with van der Waals surface area (Å²) in [6.07, 6.45) is 2.17. The van der Waals surface area contributed by atoms with E-state index in [1.807, 2.05) is 148 Å². The molecular formula is C68H60F2N4O8. The third-order valence-corrected chi connectivity index (χ3v) is 12.8. The van der Waals surface area contributed by atoms with Crippen molar-refractivity contribution in [2.45, 2.75) is 51.9 Å². The van der Waals surface area contributed by atoms with Crippen molar-refractivity contribution in [2.24, 2.45) is 0 Å². The van der Waals surface area contributed by atoms with E-state index < -0.39 is 35.9 Å². The first kappa shape index (κ1) is 59.6. The number of aromatic nitrogens is 3. The van der Waals surface area contributed by atoms with Crippen molar-refractivity contribution in [3.63, 3.8) is 0 Å². The van der Waals surface area contributed by atoms with Crippen LogP contribution in [0.2, 0.25) is 0 Å². The van der Waals surface area contributed by atoms with Crippen LogP contribution in [0.1, 0.15) is 62.8 Å². The number of hydrogen-bond acceptors (Lipinski definition) is 11. The fourth-order valence-corrected chi connectivity index (χ4v) is 8.34. The van der Waals surface area contributed by atoms with E-state index in [4.69, 9.17) is 25.8 Å². The minimum absolute atomic E-state index is 0.0611. The second kappa shape index (κ2) is 29.3. The Morgan fingerprint density at radius 3 is 1.33 bits per heavy atom. The number of aryl methyl sites for hydroxylation is 3. The van der Waals surface area contributed by atoms with Crippen molar-refractivity contribution < 1.29 is 48.3 Å². The number of ether oxygens (including phenoxy) is 1. The Morgan fingerprint density at radius 2 is 0.878 bits per heavy atom. The summed E-state index contributed by atoms with van der Waals surface area (Å²) < 4.78 is 32.1. The van der Waals surface area contributed by atoms with Crippen LogP contribution in [-0.4, -0.2) is 52.9 Å². The van der Waals surface area contributed by atoms with E-state index in [1.54, 1.807) is 73.2 Å². The molecule has 0 amide bonds. The number of pyridine rings is 3. The summed E-state index contributed by atoms with van der Waals surface area (Å²) in [6, 6.07) is 62.0. The first-order chi connectivity index (χ1) is 39.6. The van der Waals surface area contributed by atoms with Crippen molar-refractivity contribution >= 4 is 55.9 Å². The van der Waals surface area contributed by atoms with Crippen LogP contribution in [0.3, 0.4) is 0 Å². The fourth-order valence-electron chi connectivity index (χ4n) is 8.34. The number of nitrogen functional groups attached to an aromatic ring is 1. The molecule has 0 saturated heterocycles. The van der Waals surface area contributed by atoms with E-state index in [0.717, 1.165) is 66.2 Å². The van der Waals surface area contributed by atoms with Gasteiger partial charge < -0.3 is 30.9 Å². The second-order valence-electron chi connectivity index (χ2n) is 18.9. The van der Waals surface area contributed by atoms with E-state index in [2.05, 4.69) is 15.0 Å². The summed E-state index contributed by atoms with van der Waals surface area (Å²) in [6.45, 7) is 5.85. The number of ketones is 2. The lowest BCUT2D eigenvalue weighted by Gasteiger charge is -2.19. The van der Waals surface area contributed by atoms with E-state index in [9.17, 15) is 28.3 Å². The lowest BCUT2D eigenvalue weighted by molar-refractivity contribution is -0.147. The third-order valence-electron chi connectivity index (χ3n) is 12.8. The van der Waals surface area contributed by atoms with Crippen LogP contribution in [0.5, 0.6) is 11.5 Å². The Labute approximate surface area is 473 Å². The molecule has 0 saturated carbocycles. The number of anilines is 1. The number of halogens is 2. The van der Waals surface area contributed by atoms with Gasteiger partial charge in [0.25, 0.3) is 0 Å². The van der Waals surface area contributed by atoms with Crippen LogP contribution in [0.25, 0.3) is 32.7 Å². The summed E-state index contributed by atoms with van der Waals surface area (Å²) >= 11 is 0. The number of Topliss-reactive ketones (excluding diaryl/α,β-unsaturated/α-hetero) is 2. The smallest absolute Gasteiger partial charge is 0.337 e. The van der Waals surface area contributed by atoms with Crippen molar-refractivity contribution in [1.29, 1.82) is 0 Å². The SMILES string of the molecule is Cc1ccc(C(O)C(=O)Cc2cccc3ncccc23)cc1.Cc1ccc(C(O)C(=O)O)cc1.Cc1ccc(C(Oc2ccccc2F)C(=O)Cc2cccc3ncccc23)cc1.Nc1cccc2ncccc12.Oc1ccccc1F. The number of carbonyl (C=O) groups is 3. The van der Waals surface area contributed by atoms with E-state index in [1.165, 1.54) is 30.3 Å². The first-order valence-electron chi connectivity index (χ1n) is 26.0.